The van der Waals surface area contributed by atoms with Crippen molar-refractivity contribution in [2.24, 2.45) is 4.99 Å². The van der Waals surface area contributed by atoms with E-state index in [-0.39, 0.29) is 24.0 Å². The highest BCUT2D eigenvalue weighted by atomic mass is 127. The van der Waals surface area contributed by atoms with Gasteiger partial charge in [0.05, 0.1) is 26.5 Å². The summed E-state index contributed by atoms with van der Waals surface area (Å²) in [4.78, 5) is 7.15. The third-order valence-corrected chi connectivity index (χ3v) is 5.70. The molecule has 0 bridgehead atoms. The molecule has 1 unspecified atom stereocenters. The zero-order valence-electron chi connectivity index (χ0n) is 19.9. The van der Waals surface area contributed by atoms with Crippen LogP contribution < -0.4 is 25.0 Å². The molecule has 0 spiro atoms. The van der Waals surface area contributed by atoms with Gasteiger partial charge in [-0.1, -0.05) is 12.1 Å². The second-order valence-electron chi connectivity index (χ2n) is 7.96. The third kappa shape index (κ3) is 6.55. The van der Waals surface area contributed by atoms with E-state index in [0.29, 0.717) is 12.6 Å². The summed E-state index contributed by atoms with van der Waals surface area (Å²) in [5.74, 6) is 2.44. The molecule has 0 saturated carbocycles. The van der Waals surface area contributed by atoms with Gasteiger partial charge in [0, 0.05) is 62.0 Å². The number of hydrogen-bond acceptors (Lipinski definition) is 5. The zero-order valence-corrected chi connectivity index (χ0v) is 22.2. The maximum absolute atomic E-state index is 5.43. The van der Waals surface area contributed by atoms with Gasteiger partial charge in [-0.15, -0.1) is 24.0 Å². The molecule has 9 heteroatoms. The van der Waals surface area contributed by atoms with Crippen LogP contribution in [0.3, 0.4) is 0 Å². The molecule has 0 amide bonds. The maximum Gasteiger partial charge on any atom is 0.191 e. The number of rotatable bonds is 8. The Bertz CT molecular complexity index is 1030. The fourth-order valence-corrected chi connectivity index (χ4v) is 3.95. The molecule has 8 nitrogen and oxygen atoms in total. The van der Waals surface area contributed by atoms with Crippen LogP contribution in [0.1, 0.15) is 18.9 Å². The molecule has 2 heterocycles. The largest absolute Gasteiger partial charge is 0.497 e. The highest BCUT2D eigenvalue weighted by molar-refractivity contribution is 14.0. The van der Waals surface area contributed by atoms with E-state index < -0.39 is 0 Å². The van der Waals surface area contributed by atoms with Crippen LogP contribution >= 0.6 is 24.0 Å². The number of ether oxygens (including phenoxy) is 2. The van der Waals surface area contributed by atoms with Crippen LogP contribution in [0.2, 0.25) is 0 Å². The predicted molar refractivity (Wildman–Crippen MR) is 147 cm³/mol. The normalized spacial score (nSPS) is 15.6. The smallest absolute Gasteiger partial charge is 0.191 e. The van der Waals surface area contributed by atoms with E-state index in [1.807, 2.05) is 23.0 Å². The van der Waals surface area contributed by atoms with Gasteiger partial charge < -0.3 is 25.0 Å². The minimum absolute atomic E-state index is 0. The first-order chi connectivity index (χ1) is 16.2. The Balaban J connectivity index is 0.00000324. The first kappa shape index (κ1) is 25.7. The average Bonchev–Trinajstić information content (AvgIpc) is 3.55. The minimum Gasteiger partial charge on any atom is -0.497 e. The van der Waals surface area contributed by atoms with Gasteiger partial charge in [0.2, 0.25) is 0 Å². The summed E-state index contributed by atoms with van der Waals surface area (Å²) in [6.07, 6.45) is 4.75. The standard InChI is InChI=1S/C25H32N6O2.HI/c1-4-26-25(27-17-19-6-8-21(9-7-19)31-12-5-11-28-31)29-20-10-13-30(18-20)22-14-23(32-2)16-24(15-22)33-3;/h5-9,11-12,14-16,20H,4,10,13,17-18H2,1-3H3,(H2,26,27,29);1H. The van der Waals surface area contributed by atoms with Gasteiger partial charge in [0.15, 0.2) is 5.96 Å². The molecule has 34 heavy (non-hydrogen) atoms. The first-order valence-electron chi connectivity index (χ1n) is 11.3. The minimum atomic E-state index is 0. The molecule has 1 aliphatic rings. The van der Waals surface area contributed by atoms with E-state index >= 15 is 0 Å². The lowest BCUT2D eigenvalue weighted by atomic mass is 10.2. The van der Waals surface area contributed by atoms with Crippen LogP contribution in [-0.2, 0) is 6.54 Å². The maximum atomic E-state index is 5.43. The highest BCUT2D eigenvalue weighted by Crippen LogP contribution is 2.30. The molecule has 182 valence electrons. The quantitative estimate of drug-likeness (QED) is 0.241. The number of guanidine groups is 1. The number of nitrogens with zero attached hydrogens (tertiary/aromatic N) is 4. The van der Waals surface area contributed by atoms with Crippen LogP contribution in [0.5, 0.6) is 11.5 Å². The van der Waals surface area contributed by atoms with Gasteiger partial charge in [0.1, 0.15) is 11.5 Å². The topological polar surface area (TPSA) is 75.9 Å². The molecule has 0 aliphatic carbocycles. The molecule has 3 aromatic rings. The Kier molecular flexibility index (Phi) is 9.43. The lowest BCUT2D eigenvalue weighted by Gasteiger charge is -2.21. The molecular weight excluding hydrogens is 543 g/mol. The molecule has 1 atom stereocenters. The molecule has 2 N–H and O–H groups in total. The fraction of sp³-hybridized carbons (Fsp3) is 0.360. The third-order valence-electron chi connectivity index (χ3n) is 5.70. The number of nitrogens with one attached hydrogen (secondary N) is 2. The van der Waals surface area contributed by atoms with Gasteiger partial charge in [-0.2, -0.15) is 5.10 Å². The summed E-state index contributed by atoms with van der Waals surface area (Å²) in [5, 5.41) is 11.2. The van der Waals surface area contributed by atoms with Crippen molar-refractivity contribution in [1.82, 2.24) is 20.4 Å². The van der Waals surface area contributed by atoms with Crippen molar-refractivity contribution < 1.29 is 9.47 Å². The summed E-state index contributed by atoms with van der Waals surface area (Å²) < 4.78 is 12.7. The molecule has 2 aromatic carbocycles. The van der Waals surface area contributed by atoms with Crippen LogP contribution in [-0.4, -0.2) is 55.6 Å². The van der Waals surface area contributed by atoms with E-state index in [1.54, 1.807) is 20.4 Å². The monoisotopic (exact) mass is 576 g/mol. The van der Waals surface area contributed by atoms with Crippen molar-refractivity contribution in [1.29, 1.82) is 0 Å². The van der Waals surface area contributed by atoms with Gasteiger partial charge >= 0.3 is 0 Å². The Morgan fingerprint density at radius 2 is 1.82 bits per heavy atom. The van der Waals surface area contributed by atoms with Crippen molar-refractivity contribution in [3.05, 3.63) is 66.5 Å². The van der Waals surface area contributed by atoms with E-state index in [4.69, 9.17) is 14.5 Å². The van der Waals surface area contributed by atoms with Crippen molar-refractivity contribution in [2.75, 3.05) is 38.8 Å². The van der Waals surface area contributed by atoms with Crippen molar-refractivity contribution >= 4 is 35.6 Å². The molecule has 1 saturated heterocycles. The van der Waals surface area contributed by atoms with Crippen LogP contribution in [0, 0.1) is 0 Å². The summed E-state index contributed by atoms with van der Waals surface area (Å²) in [7, 11) is 3.36. The van der Waals surface area contributed by atoms with Crippen LogP contribution in [0.15, 0.2) is 65.9 Å². The van der Waals surface area contributed by atoms with E-state index in [9.17, 15) is 0 Å². The van der Waals surface area contributed by atoms with Crippen LogP contribution in [0.4, 0.5) is 5.69 Å². The zero-order chi connectivity index (χ0) is 23.0. The van der Waals surface area contributed by atoms with Crippen molar-refractivity contribution in [2.45, 2.75) is 25.9 Å². The van der Waals surface area contributed by atoms with E-state index in [0.717, 1.165) is 60.5 Å². The summed E-state index contributed by atoms with van der Waals surface area (Å²) in [5.41, 5.74) is 3.30. The second kappa shape index (κ2) is 12.5. The number of hydrogen-bond donors (Lipinski definition) is 2. The molecule has 1 fully saturated rings. The number of anilines is 1. The SMILES string of the molecule is CCNC(=NCc1ccc(-n2cccn2)cc1)NC1CCN(c2cc(OC)cc(OC)c2)C1.I. The first-order valence-corrected chi connectivity index (χ1v) is 11.3. The Morgan fingerprint density at radius 3 is 2.44 bits per heavy atom. The van der Waals surface area contributed by atoms with Gasteiger partial charge in [-0.3, -0.25) is 0 Å². The number of benzene rings is 2. The Labute approximate surface area is 218 Å². The summed E-state index contributed by atoms with van der Waals surface area (Å²) >= 11 is 0. The van der Waals surface area contributed by atoms with Crippen LogP contribution in [0.25, 0.3) is 5.69 Å². The molecule has 4 rings (SSSR count). The Morgan fingerprint density at radius 1 is 1.09 bits per heavy atom. The molecule has 0 radical (unpaired) electrons. The number of methoxy groups -OCH3 is 2. The summed E-state index contributed by atoms with van der Waals surface area (Å²) in [6, 6.07) is 16.5. The average molecular weight is 576 g/mol. The van der Waals surface area contributed by atoms with Gasteiger partial charge in [0.25, 0.3) is 0 Å². The Hall–Kier alpha value is -2.95. The molecular formula is C25H33IN6O2. The van der Waals surface area contributed by atoms with Gasteiger partial charge in [-0.05, 0) is 37.1 Å². The van der Waals surface area contributed by atoms with Gasteiger partial charge in [-0.25, -0.2) is 9.67 Å². The lowest BCUT2D eigenvalue weighted by molar-refractivity contribution is 0.394. The number of aliphatic imine (C=N–C) groups is 1. The summed E-state index contributed by atoms with van der Waals surface area (Å²) in [6.45, 7) is 5.35. The predicted octanol–water partition coefficient (Wildman–Crippen LogP) is 3.84. The number of aromatic nitrogens is 2. The van der Waals surface area contributed by atoms with Crippen molar-refractivity contribution in [3.8, 4) is 17.2 Å². The lowest BCUT2D eigenvalue weighted by Crippen LogP contribution is -2.44. The number of halogens is 1. The van der Waals surface area contributed by atoms with Crippen molar-refractivity contribution in [3.63, 3.8) is 0 Å². The van der Waals surface area contributed by atoms with E-state index in [2.05, 4.69) is 64.0 Å². The fourth-order valence-electron chi connectivity index (χ4n) is 3.95. The molecule has 1 aliphatic heterocycles. The van der Waals surface area contributed by atoms with E-state index in [1.165, 1.54) is 0 Å². The highest BCUT2D eigenvalue weighted by Gasteiger charge is 2.24. The second-order valence-corrected chi connectivity index (χ2v) is 7.96. The molecule has 1 aromatic heterocycles.